The summed E-state index contributed by atoms with van der Waals surface area (Å²) in [6.07, 6.45) is 3.54. The zero-order valence-electron chi connectivity index (χ0n) is 12.6. The molecule has 116 valence electrons. The Balaban J connectivity index is 2.19. The largest absolute Gasteiger partial charge is 0.496 e. The van der Waals surface area contributed by atoms with Gasteiger partial charge in [-0.1, -0.05) is 12.1 Å². The Morgan fingerprint density at radius 2 is 2.18 bits per heavy atom. The standard InChI is InChI=1S/C16H18FN3O2/c1-4-5-12-6-11(7-14(21-3)10(12)2)9-22-16-19-8-13(17)15(18)20-16/h4,6-8H,1,5,9H2,2-3H3,(H2,18,19,20). The number of nitrogens with zero attached hydrogens (tertiary/aromatic N) is 2. The van der Waals surface area contributed by atoms with Crippen molar-refractivity contribution in [1.29, 1.82) is 0 Å². The lowest BCUT2D eigenvalue weighted by atomic mass is 10.0. The summed E-state index contributed by atoms with van der Waals surface area (Å²) >= 11 is 0. The van der Waals surface area contributed by atoms with Gasteiger partial charge in [-0.15, -0.1) is 6.58 Å². The molecule has 2 aromatic rings. The number of ether oxygens (including phenoxy) is 2. The van der Waals surface area contributed by atoms with E-state index in [-0.39, 0.29) is 18.4 Å². The molecule has 0 radical (unpaired) electrons. The van der Waals surface area contributed by atoms with Crippen molar-refractivity contribution < 1.29 is 13.9 Å². The summed E-state index contributed by atoms with van der Waals surface area (Å²) in [4.78, 5) is 7.47. The van der Waals surface area contributed by atoms with Crippen LogP contribution < -0.4 is 15.2 Å². The van der Waals surface area contributed by atoms with E-state index >= 15 is 0 Å². The molecular formula is C16H18FN3O2. The number of hydrogen-bond acceptors (Lipinski definition) is 5. The maximum absolute atomic E-state index is 13.0. The highest BCUT2D eigenvalue weighted by Gasteiger charge is 2.09. The van der Waals surface area contributed by atoms with Crippen LogP contribution in [0.1, 0.15) is 16.7 Å². The highest BCUT2D eigenvalue weighted by Crippen LogP contribution is 2.25. The highest BCUT2D eigenvalue weighted by molar-refractivity contribution is 5.43. The van der Waals surface area contributed by atoms with E-state index in [1.54, 1.807) is 7.11 Å². The van der Waals surface area contributed by atoms with Crippen LogP contribution in [0.4, 0.5) is 10.2 Å². The molecule has 0 fully saturated rings. The van der Waals surface area contributed by atoms with E-state index in [0.717, 1.165) is 35.1 Å². The van der Waals surface area contributed by atoms with E-state index in [9.17, 15) is 4.39 Å². The fourth-order valence-electron chi connectivity index (χ4n) is 2.05. The number of halogens is 1. The molecule has 2 rings (SSSR count). The van der Waals surface area contributed by atoms with Crippen molar-refractivity contribution in [3.63, 3.8) is 0 Å². The van der Waals surface area contributed by atoms with Crippen molar-refractivity contribution in [2.45, 2.75) is 20.0 Å². The van der Waals surface area contributed by atoms with E-state index in [0.29, 0.717) is 0 Å². The SMILES string of the molecule is C=CCc1cc(COc2ncc(F)c(N)n2)cc(OC)c1C. The van der Waals surface area contributed by atoms with E-state index in [1.165, 1.54) is 0 Å². The van der Waals surface area contributed by atoms with Crippen LogP contribution in [0.2, 0.25) is 0 Å². The summed E-state index contributed by atoms with van der Waals surface area (Å²) in [7, 11) is 1.62. The van der Waals surface area contributed by atoms with Crippen molar-refractivity contribution in [3.8, 4) is 11.8 Å². The lowest BCUT2D eigenvalue weighted by Gasteiger charge is -2.13. The lowest BCUT2D eigenvalue weighted by molar-refractivity contribution is 0.279. The Morgan fingerprint density at radius 3 is 2.82 bits per heavy atom. The molecule has 22 heavy (non-hydrogen) atoms. The van der Waals surface area contributed by atoms with Gasteiger partial charge in [0.05, 0.1) is 13.3 Å². The first kappa shape index (κ1) is 15.8. The van der Waals surface area contributed by atoms with Crippen LogP contribution in [0.5, 0.6) is 11.8 Å². The molecule has 0 saturated carbocycles. The number of methoxy groups -OCH3 is 1. The fourth-order valence-corrected chi connectivity index (χ4v) is 2.05. The molecule has 1 aromatic heterocycles. The lowest BCUT2D eigenvalue weighted by Crippen LogP contribution is -2.04. The molecule has 6 heteroatoms. The summed E-state index contributed by atoms with van der Waals surface area (Å²) < 4.78 is 23.8. The second kappa shape index (κ2) is 6.89. The first-order valence-electron chi connectivity index (χ1n) is 6.73. The van der Waals surface area contributed by atoms with Gasteiger partial charge in [0.2, 0.25) is 0 Å². The van der Waals surface area contributed by atoms with Crippen molar-refractivity contribution in [3.05, 3.63) is 53.5 Å². The third-order valence-corrected chi connectivity index (χ3v) is 3.23. The fraction of sp³-hybridized carbons (Fsp3) is 0.250. The second-order valence-electron chi connectivity index (χ2n) is 4.75. The minimum absolute atomic E-state index is 0.0312. The predicted molar refractivity (Wildman–Crippen MR) is 82.4 cm³/mol. The van der Waals surface area contributed by atoms with E-state index in [2.05, 4.69) is 16.5 Å². The first-order valence-corrected chi connectivity index (χ1v) is 6.73. The third-order valence-electron chi connectivity index (χ3n) is 3.23. The molecule has 1 aromatic carbocycles. The van der Waals surface area contributed by atoms with Crippen molar-refractivity contribution in [2.24, 2.45) is 0 Å². The molecule has 2 N–H and O–H groups in total. The molecule has 0 aliphatic rings. The minimum Gasteiger partial charge on any atom is -0.496 e. The maximum atomic E-state index is 13.0. The third kappa shape index (κ3) is 3.52. The monoisotopic (exact) mass is 303 g/mol. The van der Waals surface area contributed by atoms with Crippen molar-refractivity contribution in [2.75, 3.05) is 12.8 Å². The Kier molecular flexibility index (Phi) is 4.93. The summed E-state index contributed by atoms with van der Waals surface area (Å²) in [6, 6.07) is 3.92. The van der Waals surface area contributed by atoms with Gasteiger partial charge in [0.25, 0.3) is 0 Å². The smallest absolute Gasteiger partial charge is 0.318 e. The highest BCUT2D eigenvalue weighted by atomic mass is 19.1. The molecule has 0 saturated heterocycles. The number of benzene rings is 1. The zero-order valence-corrected chi connectivity index (χ0v) is 12.6. The molecule has 5 nitrogen and oxygen atoms in total. The summed E-state index contributed by atoms with van der Waals surface area (Å²) in [5.74, 6) is -0.131. The topological polar surface area (TPSA) is 70.3 Å². The Hall–Kier alpha value is -2.63. The summed E-state index contributed by atoms with van der Waals surface area (Å²) in [5, 5.41) is 0. The van der Waals surface area contributed by atoms with Crippen LogP contribution in [-0.4, -0.2) is 17.1 Å². The average Bonchev–Trinajstić information content (AvgIpc) is 2.51. The molecule has 0 aliphatic heterocycles. The van der Waals surface area contributed by atoms with Gasteiger partial charge in [0.1, 0.15) is 12.4 Å². The maximum Gasteiger partial charge on any atom is 0.318 e. The van der Waals surface area contributed by atoms with Crippen LogP contribution in [0.25, 0.3) is 0 Å². The zero-order chi connectivity index (χ0) is 16.1. The van der Waals surface area contributed by atoms with Gasteiger partial charge in [-0.25, -0.2) is 9.37 Å². The molecule has 1 heterocycles. The van der Waals surface area contributed by atoms with Gasteiger partial charge in [0.15, 0.2) is 11.6 Å². The molecule has 0 spiro atoms. The minimum atomic E-state index is -0.669. The molecule has 0 amide bonds. The Bertz CT molecular complexity index is 689. The van der Waals surface area contributed by atoms with Crippen LogP contribution in [-0.2, 0) is 13.0 Å². The number of allylic oxidation sites excluding steroid dienone is 1. The van der Waals surface area contributed by atoms with Crippen molar-refractivity contribution in [1.82, 2.24) is 9.97 Å². The molecule has 0 bridgehead atoms. The van der Waals surface area contributed by atoms with Crippen LogP contribution in [0, 0.1) is 12.7 Å². The van der Waals surface area contributed by atoms with Gasteiger partial charge in [0, 0.05) is 0 Å². The summed E-state index contributed by atoms with van der Waals surface area (Å²) in [5.41, 5.74) is 8.44. The van der Waals surface area contributed by atoms with Gasteiger partial charge in [-0.05, 0) is 36.1 Å². The number of rotatable bonds is 6. The van der Waals surface area contributed by atoms with E-state index in [1.807, 2.05) is 25.1 Å². The number of nitrogens with two attached hydrogens (primary N) is 1. The van der Waals surface area contributed by atoms with Crippen molar-refractivity contribution >= 4 is 5.82 Å². The number of anilines is 1. The van der Waals surface area contributed by atoms with Gasteiger partial charge < -0.3 is 15.2 Å². The van der Waals surface area contributed by atoms with Crippen LogP contribution in [0.15, 0.2) is 31.0 Å². The molecule has 0 aliphatic carbocycles. The van der Waals surface area contributed by atoms with E-state index in [4.69, 9.17) is 15.2 Å². The van der Waals surface area contributed by atoms with E-state index < -0.39 is 5.82 Å². The molecular weight excluding hydrogens is 285 g/mol. The Labute approximate surface area is 128 Å². The quantitative estimate of drug-likeness (QED) is 0.831. The normalized spacial score (nSPS) is 10.3. The van der Waals surface area contributed by atoms with Crippen LogP contribution in [0.3, 0.4) is 0 Å². The average molecular weight is 303 g/mol. The van der Waals surface area contributed by atoms with Gasteiger partial charge >= 0.3 is 6.01 Å². The first-order chi connectivity index (χ1) is 10.5. The number of aromatic nitrogens is 2. The number of hydrogen-bond donors (Lipinski definition) is 1. The summed E-state index contributed by atoms with van der Waals surface area (Å²) in [6.45, 7) is 5.97. The Morgan fingerprint density at radius 1 is 1.41 bits per heavy atom. The van der Waals surface area contributed by atoms with Crippen LogP contribution >= 0.6 is 0 Å². The molecule has 0 unspecified atom stereocenters. The molecule has 0 atom stereocenters. The predicted octanol–water partition coefficient (Wildman–Crippen LogP) is 2.82. The van der Waals surface area contributed by atoms with Gasteiger partial charge in [-0.2, -0.15) is 4.98 Å². The van der Waals surface area contributed by atoms with Gasteiger partial charge in [-0.3, -0.25) is 0 Å². The number of nitrogen functional groups attached to an aromatic ring is 1. The second-order valence-corrected chi connectivity index (χ2v) is 4.75.